The summed E-state index contributed by atoms with van der Waals surface area (Å²) in [6.07, 6.45) is 0. The minimum absolute atomic E-state index is 0.0624. The summed E-state index contributed by atoms with van der Waals surface area (Å²) in [6.45, 7) is 4.02. The van der Waals surface area contributed by atoms with Crippen LogP contribution in [0, 0.1) is 6.92 Å². The van der Waals surface area contributed by atoms with Crippen LogP contribution in [0.3, 0.4) is 0 Å². The maximum absolute atomic E-state index is 11.0. The van der Waals surface area contributed by atoms with Crippen LogP contribution in [-0.2, 0) is 0 Å². The van der Waals surface area contributed by atoms with E-state index in [1.54, 1.807) is 18.2 Å². The van der Waals surface area contributed by atoms with Crippen LogP contribution in [0.4, 0.5) is 0 Å². The smallest absolute Gasteiger partial charge is 0.335 e. The number of aromatic carboxylic acids is 1. The van der Waals surface area contributed by atoms with E-state index in [4.69, 9.17) is 16.7 Å². The molecule has 3 heteroatoms. The molecule has 2 nitrogen and oxygen atoms in total. The van der Waals surface area contributed by atoms with E-state index in [1.165, 1.54) is 0 Å². The first-order valence-corrected chi connectivity index (χ1v) is 6.46. The Morgan fingerprint density at radius 3 is 2.58 bits per heavy atom. The lowest BCUT2D eigenvalue weighted by Crippen LogP contribution is -2.01. The Bertz CT molecular complexity index is 620. The molecule has 2 rings (SSSR count). The Labute approximate surface area is 117 Å². The number of hydrogen-bond acceptors (Lipinski definition) is 1. The second kappa shape index (κ2) is 5.45. The molecular formula is C16H15ClO2. The maximum atomic E-state index is 11.0. The van der Waals surface area contributed by atoms with Gasteiger partial charge in [-0.15, -0.1) is 0 Å². The summed E-state index contributed by atoms with van der Waals surface area (Å²) >= 11 is 6.26. The van der Waals surface area contributed by atoms with Crippen LogP contribution in [0.5, 0.6) is 0 Å². The Kier molecular flexibility index (Phi) is 3.91. The summed E-state index contributed by atoms with van der Waals surface area (Å²) in [5, 5.41) is 9.74. The van der Waals surface area contributed by atoms with E-state index < -0.39 is 5.97 Å². The van der Waals surface area contributed by atoms with Crippen LogP contribution in [0.25, 0.3) is 0 Å². The highest BCUT2D eigenvalue weighted by atomic mass is 35.5. The average Bonchev–Trinajstić information content (AvgIpc) is 2.38. The summed E-state index contributed by atoms with van der Waals surface area (Å²) in [5.41, 5.74) is 3.37. The molecule has 0 aromatic heterocycles. The molecule has 1 unspecified atom stereocenters. The van der Waals surface area contributed by atoms with Gasteiger partial charge in [-0.3, -0.25) is 0 Å². The number of carbonyl (C=O) groups is 1. The zero-order chi connectivity index (χ0) is 14.0. The quantitative estimate of drug-likeness (QED) is 0.895. The SMILES string of the molecule is Cc1ccc(C(C)c2cccc(C(=O)O)c2)c(Cl)c1. The van der Waals surface area contributed by atoms with Crippen molar-refractivity contribution in [2.75, 3.05) is 0 Å². The van der Waals surface area contributed by atoms with Gasteiger partial charge in [0.15, 0.2) is 0 Å². The lowest BCUT2D eigenvalue weighted by atomic mass is 9.91. The Balaban J connectivity index is 2.41. The predicted octanol–water partition coefficient (Wildman–Crippen LogP) is 4.50. The average molecular weight is 275 g/mol. The molecule has 0 radical (unpaired) electrons. The molecule has 0 saturated heterocycles. The van der Waals surface area contributed by atoms with Gasteiger partial charge in [0.2, 0.25) is 0 Å². The van der Waals surface area contributed by atoms with Crippen molar-refractivity contribution in [2.24, 2.45) is 0 Å². The number of hydrogen-bond donors (Lipinski definition) is 1. The molecule has 0 saturated carbocycles. The van der Waals surface area contributed by atoms with Gasteiger partial charge in [0.25, 0.3) is 0 Å². The fourth-order valence-electron chi connectivity index (χ4n) is 2.10. The fourth-order valence-corrected chi connectivity index (χ4v) is 2.50. The van der Waals surface area contributed by atoms with Crippen molar-refractivity contribution in [3.8, 4) is 0 Å². The van der Waals surface area contributed by atoms with Gasteiger partial charge in [-0.2, -0.15) is 0 Å². The standard InChI is InChI=1S/C16H15ClO2/c1-10-6-7-14(15(17)8-10)11(2)12-4-3-5-13(9-12)16(18)19/h3-9,11H,1-2H3,(H,18,19). The molecule has 2 aromatic rings. The number of carboxylic acids is 1. The van der Waals surface area contributed by atoms with Crippen LogP contribution in [-0.4, -0.2) is 11.1 Å². The highest BCUT2D eigenvalue weighted by molar-refractivity contribution is 6.31. The Hall–Kier alpha value is -1.80. The van der Waals surface area contributed by atoms with Gasteiger partial charge in [-0.05, 0) is 41.8 Å². The first-order valence-electron chi connectivity index (χ1n) is 6.08. The molecule has 0 spiro atoms. The molecule has 0 bridgehead atoms. The van der Waals surface area contributed by atoms with E-state index in [0.29, 0.717) is 10.6 Å². The van der Waals surface area contributed by atoms with Crippen LogP contribution >= 0.6 is 11.6 Å². The molecule has 0 aliphatic rings. The van der Waals surface area contributed by atoms with Gasteiger partial charge < -0.3 is 5.11 Å². The molecule has 19 heavy (non-hydrogen) atoms. The van der Waals surface area contributed by atoms with Crippen LogP contribution in [0.1, 0.15) is 39.9 Å². The molecule has 0 amide bonds. The normalized spacial score (nSPS) is 12.2. The fraction of sp³-hybridized carbons (Fsp3) is 0.188. The van der Waals surface area contributed by atoms with E-state index >= 15 is 0 Å². The van der Waals surface area contributed by atoms with Crippen LogP contribution in [0.15, 0.2) is 42.5 Å². The lowest BCUT2D eigenvalue weighted by Gasteiger charge is -2.15. The summed E-state index contributed by atoms with van der Waals surface area (Å²) in [7, 11) is 0. The molecule has 0 aliphatic carbocycles. The van der Waals surface area contributed by atoms with Crippen molar-refractivity contribution in [1.29, 1.82) is 0 Å². The zero-order valence-electron chi connectivity index (χ0n) is 10.9. The summed E-state index contributed by atoms with van der Waals surface area (Å²) in [6, 6.07) is 12.9. The van der Waals surface area contributed by atoms with Crippen molar-refractivity contribution >= 4 is 17.6 Å². The lowest BCUT2D eigenvalue weighted by molar-refractivity contribution is 0.0697. The number of benzene rings is 2. The van der Waals surface area contributed by atoms with Crippen LogP contribution in [0.2, 0.25) is 5.02 Å². The third-order valence-electron chi connectivity index (χ3n) is 3.26. The Morgan fingerprint density at radius 2 is 1.95 bits per heavy atom. The predicted molar refractivity (Wildman–Crippen MR) is 77.1 cm³/mol. The van der Waals surface area contributed by atoms with Crippen LogP contribution < -0.4 is 0 Å². The van der Waals surface area contributed by atoms with Crippen molar-refractivity contribution in [2.45, 2.75) is 19.8 Å². The molecule has 2 aromatic carbocycles. The highest BCUT2D eigenvalue weighted by Gasteiger charge is 2.13. The minimum Gasteiger partial charge on any atom is -0.478 e. The molecule has 0 heterocycles. The summed E-state index contributed by atoms with van der Waals surface area (Å²) in [5.74, 6) is -0.851. The van der Waals surface area contributed by atoms with Crippen molar-refractivity contribution < 1.29 is 9.90 Å². The topological polar surface area (TPSA) is 37.3 Å². The van der Waals surface area contributed by atoms with E-state index in [1.807, 2.05) is 38.1 Å². The van der Waals surface area contributed by atoms with Gasteiger partial charge in [0.05, 0.1) is 5.56 Å². The number of rotatable bonds is 3. The molecule has 0 aliphatic heterocycles. The zero-order valence-corrected chi connectivity index (χ0v) is 11.6. The Morgan fingerprint density at radius 1 is 1.21 bits per heavy atom. The largest absolute Gasteiger partial charge is 0.478 e. The first kappa shape index (κ1) is 13.6. The van der Waals surface area contributed by atoms with E-state index in [9.17, 15) is 4.79 Å². The van der Waals surface area contributed by atoms with Gasteiger partial charge >= 0.3 is 5.97 Å². The van der Waals surface area contributed by atoms with Gasteiger partial charge in [-0.1, -0.05) is 42.8 Å². The summed E-state index contributed by atoms with van der Waals surface area (Å²) in [4.78, 5) is 11.0. The second-order valence-electron chi connectivity index (χ2n) is 4.68. The van der Waals surface area contributed by atoms with E-state index in [-0.39, 0.29) is 5.92 Å². The summed E-state index contributed by atoms with van der Waals surface area (Å²) < 4.78 is 0. The van der Waals surface area contributed by atoms with Crippen molar-refractivity contribution in [3.05, 3.63) is 69.7 Å². The van der Waals surface area contributed by atoms with Gasteiger partial charge in [0, 0.05) is 10.9 Å². The van der Waals surface area contributed by atoms with Crippen molar-refractivity contribution in [1.82, 2.24) is 0 Å². The second-order valence-corrected chi connectivity index (χ2v) is 5.08. The number of carboxylic acid groups (broad SMARTS) is 1. The molecule has 1 atom stereocenters. The number of aryl methyl sites for hydroxylation is 1. The third-order valence-corrected chi connectivity index (χ3v) is 3.58. The van der Waals surface area contributed by atoms with Crippen molar-refractivity contribution in [3.63, 3.8) is 0 Å². The molecule has 1 N–H and O–H groups in total. The van der Waals surface area contributed by atoms with E-state index in [2.05, 4.69) is 0 Å². The minimum atomic E-state index is -0.913. The molecular weight excluding hydrogens is 260 g/mol. The first-order chi connectivity index (χ1) is 8.99. The van der Waals surface area contributed by atoms with E-state index in [0.717, 1.165) is 16.7 Å². The van der Waals surface area contributed by atoms with Gasteiger partial charge in [-0.25, -0.2) is 4.79 Å². The number of halogens is 1. The maximum Gasteiger partial charge on any atom is 0.335 e. The molecule has 0 fully saturated rings. The molecule has 98 valence electrons. The monoisotopic (exact) mass is 274 g/mol. The van der Waals surface area contributed by atoms with Gasteiger partial charge in [0.1, 0.15) is 0 Å². The third kappa shape index (κ3) is 2.96. The highest BCUT2D eigenvalue weighted by Crippen LogP contribution is 2.30.